The van der Waals surface area contributed by atoms with Crippen LogP contribution in [0.2, 0.25) is 0 Å². The smallest absolute Gasteiger partial charge is 0.123 e. The largest absolute Gasteiger partial charge is 0.497 e. The number of benzene rings is 1. The lowest BCUT2D eigenvalue weighted by Crippen LogP contribution is -2.29. The second-order valence-corrected chi connectivity index (χ2v) is 4.85. The second-order valence-electron chi connectivity index (χ2n) is 4.85. The standard InChI is InChI=1S/C14H21NO3/c1-15-13(14(9-16)6-7-14)11-8-10(17-2)4-5-12(11)18-3/h4-5,8,13,15-16H,6-7,9H2,1-3H3. The molecule has 0 spiro atoms. The first-order valence-corrected chi connectivity index (χ1v) is 6.21. The Labute approximate surface area is 108 Å². The van der Waals surface area contributed by atoms with Crippen molar-refractivity contribution in [3.63, 3.8) is 0 Å². The van der Waals surface area contributed by atoms with Gasteiger partial charge in [-0.2, -0.15) is 0 Å². The van der Waals surface area contributed by atoms with Gasteiger partial charge in [0.05, 0.1) is 20.8 Å². The average Bonchev–Trinajstić information content (AvgIpc) is 3.20. The summed E-state index contributed by atoms with van der Waals surface area (Å²) in [7, 11) is 5.23. The predicted molar refractivity (Wildman–Crippen MR) is 70.1 cm³/mol. The fourth-order valence-corrected chi connectivity index (χ4v) is 2.56. The first-order valence-electron chi connectivity index (χ1n) is 6.21. The molecule has 18 heavy (non-hydrogen) atoms. The Morgan fingerprint density at radius 3 is 2.50 bits per heavy atom. The fraction of sp³-hybridized carbons (Fsp3) is 0.571. The molecule has 0 aliphatic heterocycles. The summed E-state index contributed by atoms with van der Waals surface area (Å²) in [5.74, 6) is 1.63. The molecule has 1 aliphatic carbocycles. The molecular formula is C14H21NO3. The molecule has 1 saturated carbocycles. The summed E-state index contributed by atoms with van der Waals surface area (Å²) < 4.78 is 10.7. The molecule has 4 heteroatoms. The van der Waals surface area contributed by atoms with Crippen LogP contribution in [0.5, 0.6) is 11.5 Å². The normalized spacial score (nSPS) is 18.2. The number of ether oxygens (including phenoxy) is 2. The number of hydrogen-bond acceptors (Lipinski definition) is 4. The molecule has 1 unspecified atom stereocenters. The van der Waals surface area contributed by atoms with E-state index in [1.54, 1.807) is 14.2 Å². The Kier molecular flexibility index (Phi) is 3.78. The van der Waals surface area contributed by atoms with Crippen molar-refractivity contribution < 1.29 is 14.6 Å². The van der Waals surface area contributed by atoms with Crippen LogP contribution in [-0.4, -0.2) is 33.0 Å². The van der Waals surface area contributed by atoms with Crippen molar-refractivity contribution in [1.82, 2.24) is 5.32 Å². The van der Waals surface area contributed by atoms with Crippen LogP contribution >= 0.6 is 0 Å². The zero-order chi connectivity index (χ0) is 13.2. The van der Waals surface area contributed by atoms with Crippen LogP contribution in [0.4, 0.5) is 0 Å². The minimum Gasteiger partial charge on any atom is -0.497 e. The summed E-state index contributed by atoms with van der Waals surface area (Å²) in [6.07, 6.45) is 2.07. The maximum atomic E-state index is 9.60. The molecule has 0 heterocycles. The number of nitrogens with one attached hydrogen (secondary N) is 1. The van der Waals surface area contributed by atoms with Gasteiger partial charge in [0.2, 0.25) is 0 Å². The molecule has 0 radical (unpaired) electrons. The van der Waals surface area contributed by atoms with Gasteiger partial charge in [0.25, 0.3) is 0 Å². The minimum absolute atomic E-state index is 0.0472. The van der Waals surface area contributed by atoms with Gasteiger partial charge in [0.15, 0.2) is 0 Å². The zero-order valence-electron chi connectivity index (χ0n) is 11.2. The van der Waals surface area contributed by atoms with Gasteiger partial charge in [0.1, 0.15) is 11.5 Å². The second kappa shape index (κ2) is 5.16. The molecule has 0 aromatic heterocycles. The van der Waals surface area contributed by atoms with Crippen LogP contribution in [0.25, 0.3) is 0 Å². The summed E-state index contributed by atoms with van der Waals surface area (Å²) >= 11 is 0. The van der Waals surface area contributed by atoms with E-state index in [1.165, 1.54) is 0 Å². The monoisotopic (exact) mass is 251 g/mol. The van der Waals surface area contributed by atoms with Crippen molar-refractivity contribution in [3.8, 4) is 11.5 Å². The van der Waals surface area contributed by atoms with Crippen LogP contribution in [0.3, 0.4) is 0 Å². The van der Waals surface area contributed by atoms with E-state index in [1.807, 2.05) is 25.2 Å². The highest BCUT2D eigenvalue weighted by Crippen LogP contribution is 2.55. The van der Waals surface area contributed by atoms with Crippen LogP contribution in [-0.2, 0) is 0 Å². The predicted octanol–water partition coefficient (Wildman–Crippen LogP) is 1.74. The van der Waals surface area contributed by atoms with Gasteiger partial charge < -0.3 is 19.9 Å². The highest BCUT2D eigenvalue weighted by molar-refractivity contribution is 5.43. The van der Waals surface area contributed by atoms with Crippen LogP contribution < -0.4 is 14.8 Å². The highest BCUT2D eigenvalue weighted by atomic mass is 16.5. The quantitative estimate of drug-likeness (QED) is 0.808. The third-order valence-corrected chi connectivity index (χ3v) is 3.86. The molecule has 1 aromatic rings. The lowest BCUT2D eigenvalue weighted by Gasteiger charge is -2.27. The van der Waals surface area contributed by atoms with Crippen molar-refractivity contribution >= 4 is 0 Å². The number of hydrogen-bond donors (Lipinski definition) is 2. The van der Waals surface area contributed by atoms with Crippen LogP contribution in [0.1, 0.15) is 24.4 Å². The average molecular weight is 251 g/mol. The van der Waals surface area contributed by atoms with E-state index in [2.05, 4.69) is 5.32 Å². The summed E-state index contributed by atoms with van der Waals surface area (Å²) in [5.41, 5.74) is 1.000. The van der Waals surface area contributed by atoms with Crippen molar-refractivity contribution in [3.05, 3.63) is 23.8 Å². The molecule has 2 N–H and O–H groups in total. The van der Waals surface area contributed by atoms with E-state index in [4.69, 9.17) is 9.47 Å². The zero-order valence-corrected chi connectivity index (χ0v) is 11.2. The number of aliphatic hydroxyl groups is 1. The summed E-state index contributed by atoms with van der Waals surface area (Å²) in [5, 5.41) is 12.9. The summed E-state index contributed by atoms with van der Waals surface area (Å²) in [4.78, 5) is 0. The molecule has 2 rings (SSSR count). The molecular weight excluding hydrogens is 230 g/mol. The molecule has 4 nitrogen and oxygen atoms in total. The Morgan fingerprint density at radius 2 is 2.06 bits per heavy atom. The van der Waals surface area contributed by atoms with E-state index >= 15 is 0 Å². The Morgan fingerprint density at radius 1 is 1.33 bits per heavy atom. The fourth-order valence-electron chi connectivity index (χ4n) is 2.56. The van der Waals surface area contributed by atoms with E-state index in [0.29, 0.717) is 0 Å². The van der Waals surface area contributed by atoms with Crippen molar-refractivity contribution in [2.45, 2.75) is 18.9 Å². The summed E-state index contributed by atoms with van der Waals surface area (Å²) in [6, 6.07) is 5.86. The maximum absolute atomic E-state index is 9.60. The van der Waals surface area contributed by atoms with E-state index in [-0.39, 0.29) is 18.1 Å². The van der Waals surface area contributed by atoms with Crippen molar-refractivity contribution in [1.29, 1.82) is 0 Å². The van der Waals surface area contributed by atoms with Gasteiger partial charge in [-0.3, -0.25) is 0 Å². The topological polar surface area (TPSA) is 50.7 Å². The molecule has 1 aromatic carbocycles. The molecule has 1 atom stereocenters. The van der Waals surface area contributed by atoms with Gasteiger partial charge >= 0.3 is 0 Å². The minimum atomic E-state index is -0.0472. The van der Waals surface area contributed by atoms with Gasteiger partial charge in [-0.1, -0.05) is 0 Å². The molecule has 0 saturated heterocycles. The molecule has 0 amide bonds. The van der Waals surface area contributed by atoms with Crippen molar-refractivity contribution in [2.24, 2.45) is 5.41 Å². The van der Waals surface area contributed by atoms with Gasteiger partial charge in [-0.25, -0.2) is 0 Å². The van der Waals surface area contributed by atoms with Crippen molar-refractivity contribution in [2.75, 3.05) is 27.9 Å². The third kappa shape index (κ3) is 2.18. The highest BCUT2D eigenvalue weighted by Gasteiger charge is 2.49. The number of rotatable bonds is 6. The number of aliphatic hydroxyl groups excluding tert-OH is 1. The maximum Gasteiger partial charge on any atom is 0.123 e. The van der Waals surface area contributed by atoms with E-state index in [9.17, 15) is 5.11 Å². The lowest BCUT2D eigenvalue weighted by atomic mass is 9.90. The van der Waals surface area contributed by atoms with Gasteiger partial charge in [-0.15, -0.1) is 0 Å². The van der Waals surface area contributed by atoms with E-state index < -0.39 is 0 Å². The summed E-state index contributed by atoms with van der Waals surface area (Å²) in [6.45, 7) is 0.193. The first-order chi connectivity index (χ1) is 8.70. The van der Waals surface area contributed by atoms with E-state index in [0.717, 1.165) is 29.9 Å². The SMILES string of the molecule is CNC(c1cc(OC)ccc1OC)C1(CO)CC1. The first kappa shape index (κ1) is 13.2. The van der Waals surface area contributed by atoms with Gasteiger partial charge in [0, 0.05) is 17.0 Å². The third-order valence-electron chi connectivity index (χ3n) is 3.86. The number of methoxy groups -OCH3 is 2. The Hall–Kier alpha value is -1.26. The van der Waals surface area contributed by atoms with Crippen LogP contribution in [0, 0.1) is 5.41 Å². The molecule has 1 aliphatic rings. The molecule has 100 valence electrons. The van der Waals surface area contributed by atoms with Gasteiger partial charge in [-0.05, 0) is 38.1 Å². The Bertz CT molecular complexity index is 416. The Balaban J connectivity index is 2.40. The van der Waals surface area contributed by atoms with Crippen LogP contribution in [0.15, 0.2) is 18.2 Å². The molecule has 0 bridgehead atoms. The lowest BCUT2D eigenvalue weighted by molar-refractivity contribution is 0.173. The molecule has 1 fully saturated rings.